The standard InChI is InChI=1S/C61H45N/c1-59(2)50-26-11-5-18-40(50)45-34-32-38(36-55(45)59)62(57-31-16-10-23-47(57)49-25-17-24-48-44-22-6-12-27-51(44)60(3,4)58(48)49)39-33-35-46-43-21-9-15-30-54(43)61(56(46)37-39)52-28-13-7-19-41(52)42-20-8-14-29-53(42)61/h5-37H,1-4H3. The number of rotatable bonds is 4. The van der Waals surface area contributed by atoms with Crippen LogP contribution in [-0.2, 0) is 16.2 Å². The van der Waals surface area contributed by atoms with Crippen LogP contribution in [0.25, 0.3) is 55.6 Å². The summed E-state index contributed by atoms with van der Waals surface area (Å²) in [5, 5.41) is 0. The second kappa shape index (κ2) is 12.4. The van der Waals surface area contributed by atoms with E-state index in [-0.39, 0.29) is 10.8 Å². The van der Waals surface area contributed by atoms with Gasteiger partial charge >= 0.3 is 0 Å². The maximum atomic E-state index is 2.56. The van der Waals surface area contributed by atoms with Crippen LogP contribution >= 0.6 is 0 Å². The Labute approximate surface area is 364 Å². The molecular formula is C61H45N. The SMILES string of the molecule is CC1(C)c2ccccc2-c2ccc(N(c3ccc4c(c3)C3(c5ccccc5-c5ccccc53)c3ccccc3-4)c3ccccc3-c3cccc4c3C(C)(C)c3ccccc3-4)cc21. The van der Waals surface area contributed by atoms with E-state index in [2.05, 4.69) is 233 Å². The van der Waals surface area contributed by atoms with Gasteiger partial charge in [0.2, 0.25) is 0 Å². The van der Waals surface area contributed by atoms with Gasteiger partial charge in [-0.2, -0.15) is 0 Å². The second-order valence-corrected chi connectivity index (χ2v) is 18.8. The zero-order chi connectivity index (χ0) is 41.5. The molecule has 0 radical (unpaired) electrons. The maximum Gasteiger partial charge on any atom is 0.0726 e. The minimum Gasteiger partial charge on any atom is -0.310 e. The molecule has 1 heteroatoms. The Kier molecular flexibility index (Phi) is 7.12. The van der Waals surface area contributed by atoms with Crippen LogP contribution in [0.1, 0.15) is 72.2 Å². The average molecular weight is 792 g/mol. The molecule has 0 saturated carbocycles. The molecule has 1 spiro atoms. The van der Waals surface area contributed by atoms with E-state index < -0.39 is 5.41 Å². The Morgan fingerprint density at radius 3 is 1.18 bits per heavy atom. The van der Waals surface area contributed by atoms with Crippen LogP contribution in [0.2, 0.25) is 0 Å². The van der Waals surface area contributed by atoms with Crippen molar-refractivity contribution in [1.29, 1.82) is 0 Å². The molecule has 1 nitrogen and oxygen atoms in total. The van der Waals surface area contributed by atoms with Gasteiger partial charge in [-0.15, -0.1) is 0 Å². The Bertz CT molecular complexity index is 3310. The highest BCUT2D eigenvalue weighted by Crippen LogP contribution is 2.64. The monoisotopic (exact) mass is 791 g/mol. The number of fused-ring (bicyclic) bond motifs is 16. The van der Waals surface area contributed by atoms with Gasteiger partial charge in [-0.1, -0.05) is 198 Å². The van der Waals surface area contributed by atoms with Crippen molar-refractivity contribution in [3.8, 4) is 55.6 Å². The largest absolute Gasteiger partial charge is 0.310 e. The Morgan fingerprint density at radius 1 is 0.274 bits per heavy atom. The predicted octanol–water partition coefficient (Wildman–Crippen LogP) is 15.8. The van der Waals surface area contributed by atoms with Crippen LogP contribution in [0.3, 0.4) is 0 Å². The van der Waals surface area contributed by atoms with E-state index >= 15 is 0 Å². The zero-order valence-corrected chi connectivity index (χ0v) is 35.5. The highest BCUT2D eigenvalue weighted by molar-refractivity contribution is 5.99. The van der Waals surface area contributed by atoms with Crippen molar-refractivity contribution in [3.63, 3.8) is 0 Å². The first-order valence-electron chi connectivity index (χ1n) is 22.1. The van der Waals surface area contributed by atoms with Gasteiger partial charge in [0, 0.05) is 27.8 Å². The van der Waals surface area contributed by atoms with Crippen molar-refractivity contribution in [2.45, 2.75) is 43.9 Å². The summed E-state index contributed by atoms with van der Waals surface area (Å²) >= 11 is 0. The summed E-state index contributed by atoms with van der Waals surface area (Å²) in [6.45, 7) is 9.57. The van der Waals surface area contributed by atoms with Crippen molar-refractivity contribution < 1.29 is 0 Å². The Hall–Kier alpha value is -7.22. The first-order valence-corrected chi connectivity index (χ1v) is 22.1. The molecule has 9 aromatic carbocycles. The smallest absolute Gasteiger partial charge is 0.0726 e. The molecule has 294 valence electrons. The lowest BCUT2D eigenvalue weighted by atomic mass is 9.70. The third-order valence-electron chi connectivity index (χ3n) is 15.1. The van der Waals surface area contributed by atoms with Crippen LogP contribution in [0.5, 0.6) is 0 Å². The minimum absolute atomic E-state index is 0.149. The fraction of sp³-hybridized carbons (Fsp3) is 0.115. The third-order valence-corrected chi connectivity index (χ3v) is 15.1. The molecule has 0 amide bonds. The van der Waals surface area contributed by atoms with Gasteiger partial charge < -0.3 is 4.90 Å². The highest BCUT2D eigenvalue weighted by Gasteiger charge is 2.52. The summed E-state index contributed by atoms with van der Waals surface area (Å²) in [5.41, 5.74) is 26.7. The van der Waals surface area contributed by atoms with Gasteiger partial charge in [-0.3, -0.25) is 0 Å². The lowest BCUT2D eigenvalue weighted by Crippen LogP contribution is -2.26. The molecule has 0 atom stereocenters. The van der Waals surface area contributed by atoms with Crippen molar-refractivity contribution in [2.75, 3.05) is 4.90 Å². The molecule has 0 fully saturated rings. The number of para-hydroxylation sites is 1. The van der Waals surface area contributed by atoms with Crippen LogP contribution in [-0.4, -0.2) is 0 Å². The molecule has 0 aliphatic heterocycles. The van der Waals surface area contributed by atoms with E-state index in [1.54, 1.807) is 0 Å². The highest BCUT2D eigenvalue weighted by atomic mass is 15.1. The molecule has 9 aromatic rings. The second-order valence-electron chi connectivity index (χ2n) is 18.8. The number of hydrogen-bond donors (Lipinski definition) is 0. The van der Waals surface area contributed by atoms with Crippen LogP contribution in [0.4, 0.5) is 17.1 Å². The van der Waals surface area contributed by atoms with E-state index in [9.17, 15) is 0 Å². The summed E-state index contributed by atoms with van der Waals surface area (Å²) in [6.07, 6.45) is 0. The van der Waals surface area contributed by atoms with Crippen molar-refractivity contribution in [3.05, 3.63) is 245 Å². The average Bonchev–Trinajstić information content (AvgIpc) is 3.94. The molecular weight excluding hydrogens is 747 g/mol. The number of nitrogens with zero attached hydrogens (tertiary/aromatic N) is 1. The topological polar surface area (TPSA) is 3.24 Å². The molecule has 4 aliphatic rings. The van der Waals surface area contributed by atoms with Crippen molar-refractivity contribution >= 4 is 17.1 Å². The number of anilines is 3. The van der Waals surface area contributed by atoms with Crippen LogP contribution in [0, 0.1) is 0 Å². The summed E-state index contributed by atoms with van der Waals surface area (Å²) < 4.78 is 0. The van der Waals surface area contributed by atoms with E-state index in [4.69, 9.17) is 0 Å². The van der Waals surface area contributed by atoms with Crippen LogP contribution < -0.4 is 4.90 Å². The zero-order valence-electron chi connectivity index (χ0n) is 35.5. The lowest BCUT2D eigenvalue weighted by molar-refractivity contribution is 0.660. The quantitative estimate of drug-likeness (QED) is 0.172. The van der Waals surface area contributed by atoms with E-state index in [0.29, 0.717) is 0 Å². The summed E-state index contributed by atoms with van der Waals surface area (Å²) in [4.78, 5) is 2.56. The molecule has 13 rings (SSSR count). The number of hydrogen-bond acceptors (Lipinski definition) is 1. The summed E-state index contributed by atoms with van der Waals surface area (Å²) in [7, 11) is 0. The Balaban J connectivity index is 1.09. The van der Waals surface area contributed by atoms with Gasteiger partial charge in [0.05, 0.1) is 11.1 Å². The van der Waals surface area contributed by atoms with E-state index in [0.717, 1.165) is 17.1 Å². The molecule has 4 aliphatic carbocycles. The van der Waals surface area contributed by atoms with Gasteiger partial charge in [-0.05, 0) is 125 Å². The molecule has 62 heavy (non-hydrogen) atoms. The fourth-order valence-electron chi connectivity index (χ4n) is 12.4. The number of benzene rings is 9. The Morgan fingerprint density at radius 2 is 0.629 bits per heavy atom. The molecule has 0 bridgehead atoms. The first-order chi connectivity index (χ1) is 30.3. The van der Waals surface area contributed by atoms with Gasteiger partial charge in [0.25, 0.3) is 0 Å². The molecule has 0 saturated heterocycles. The predicted molar refractivity (Wildman–Crippen MR) is 258 cm³/mol. The van der Waals surface area contributed by atoms with E-state index in [1.165, 1.54) is 100 Å². The van der Waals surface area contributed by atoms with Crippen molar-refractivity contribution in [2.24, 2.45) is 0 Å². The third kappa shape index (κ3) is 4.43. The molecule has 0 heterocycles. The van der Waals surface area contributed by atoms with Crippen molar-refractivity contribution in [1.82, 2.24) is 0 Å². The minimum atomic E-state index is -0.446. The van der Waals surface area contributed by atoms with Gasteiger partial charge in [0.15, 0.2) is 0 Å². The lowest BCUT2D eigenvalue weighted by Gasteiger charge is -2.33. The molecule has 0 unspecified atom stereocenters. The molecule has 0 N–H and O–H groups in total. The van der Waals surface area contributed by atoms with Gasteiger partial charge in [0.1, 0.15) is 0 Å². The normalized spacial score (nSPS) is 15.5. The van der Waals surface area contributed by atoms with Gasteiger partial charge in [-0.25, -0.2) is 0 Å². The molecule has 0 aromatic heterocycles. The van der Waals surface area contributed by atoms with Crippen LogP contribution in [0.15, 0.2) is 200 Å². The summed E-state index contributed by atoms with van der Waals surface area (Å²) in [6, 6.07) is 75.9. The first kappa shape index (κ1) is 35.5. The summed E-state index contributed by atoms with van der Waals surface area (Å²) in [5.74, 6) is 0. The maximum absolute atomic E-state index is 2.56. The fourth-order valence-corrected chi connectivity index (χ4v) is 12.4. The van der Waals surface area contributed by atoms with E-state index in [1.807, 2.05) is 0 Å².